The summed E-state index contributed by atoms with van der Waals surface area (Å²) in [6.45, 7) is 3.49. The molecule has 31 heavy (non-hydrogen) atoms. The molecule has 0 aliphatic heterocycles. The fourth-order valence-electron chi connectivity index (χ4n) is 3.08. The van der Waals surface area contributed by atoms with Gasteiger partial charge in [-0.2, -0.15) is 0 Å². The van der Waals surface area contributed by atoms with Gasteiger partial charge in [0.05, 0.1) is 10.9 Å². The van der Waals surface area contributed by atoms with E-state index in [-0.39, 0.29) is 17.5 Å². The van der Waals surface area contributed by atoms with E-state index in [1.807, 2.05) is 32.0 Å². The van der Waals surface area contributed by atoms with Gasteiger partial charge in [-0.25, -0.2) is 9.78 Å². The van der Waals surface area contributed by atoms with Crippen LogP contribution in [0.1, 0.15) is 27.9 Å². The van der Waals surface area contributed by atoms with Crippen LogP contribution in [-0.2, 0) is 17.8 Å². The number of hydrogen-bond donors (Lipinski definition) is 2. The van der Waals surface area contributed by atoms with Crippen molar-refractivity contribution in [3.05, 3.63) is 56.1 Å². The lowest BCUT2D eigenvalue weighted by atomic mass is 10.1. The van der Waals surface area contributed by atoms with E-state index in [2.05, 4.69) is 20.5 Å². The number of rotatable bonds is 6. The minimum absolute atomic E-state index is 0.00844. The topological polar surface area (TPSA) is 127 Å². The predicted octanol–water partition coefficient (Wildman–Crippen LogP) is 3.18. The van der Waals surface area contributed by atoms with E-state index in [0.29, 0.717) is 27.8 Å². The fourth-order valence-corrected chi connectivity index (χ4v) is 4.68. The van der Waals surface area contributed by atoms with Crippen molar-refractivity contribution in [2.45, 2.75) is 26.8 Å². The minimum Gasteiger partial charge on any atom is -0.478 e. The Bertz CT molecular complexity index is 1370. The summed E-state index contributed by atoms with van der Waals surface area (Å²) in [6, 6.07) is 7.38. The Morgan fingerprint density at radius 1 is 1.26 bits per heavy atom. The summed E-state index contributed by atoms with van der Waals surface area (Å²) in [5, 5.41) is 22.5. The standard InChI is InChI=1S/C20H17N5O4S2/c1-3-14-23-24-20(31-14)21-13(26)8-25-16(11-6-4-5-10(2)7-11)22-17-15(18(25)27)12(9-30-17)19(28)29/h4-7,9H,3,8H2,1-2H3,(H,28,29)(H,21,24,26). The molecule has 0 fully saturated rings. The van der Waals surface area contributed by atoms with Gasteiger partial charge in [-0.15, -0.1) is 21.5 Å². The molecule has 3 heterocycles. The number of nitrogens with one attached hydrogen (secondary N) is 1. The van der Waals surface area contributed by atoms with Crippen LogP contribution >= 0.6 is 22.7 Å². The second kappa shape index (κ2) is 8.36. The van der Waals surface area contributed by atoms with Crippen LogP contribution in [0.15, 0.2) is 34.4 Å². The van der Waals surface area contributed by atoms with Crippen LogP contribution in [0.4, 0.5) is 5.13 Å². The minimum atomic E-state index is -1.22. The quantitative estimate of drug-likeness (QED) is 0.457. The van der Waals surface area contributed by atoms with Crippen molar-refractivity contribution in [2.24, 2.45) is 0 Å². The molecule has 0 unspecified atom stereocenters. The molecular formula is C20H17N5O4S2. The van der Waals surface area contributed by atoms with Crippen molar-refractivity contribution in [2.75, 3.05) is 5.32 Å². The number of aryl methyl sites for hydroxylation is 2. The number of aromatic carboxylic acids is 1. The number of nitrogens with zero attached hydrogens (tertiary/aromatic N) is 4. The number of fused-ring (bicyclic) bond motifs is 1. The van der Waals surface area contributed by atoms with E-state index >= 15 is 0 Å². The third kappa shape index (κ3) is 4.09. The molecule has 0 aliphatic carbocycles. The highest BCUT2D eigenvalue weighted by molar-refractivity contribution is 7.17. The van der Waals surface area contributed by atoms with Crippen LogP contribution in [0.5, 0.6) is 0 Å². The van der Waals surface area contributed by atoms with E-state index in [1.165, 1.54) is 21.3 Å². The molecule has 11 heteroatoms. The first-order chi connectivity index (χ1) is 14.9. The second-order valence-electron chi connectivity index (χ2n) is 6.73. The van der Waals surface area contributed by atoms with Crippen molar-refractivity contribution in [3.8, 4) is 11.4 Å². The lowest BCUT2D eigenvalue weighted by Crippen LogP contribution is -2.30. The van der Waals surface area contributed by atoms with Crippen LogP contribution in [0.3, 0.4) is 0 Å². The summed E-state index contributed by atoms with van der Waals surface area (Å²) < 4.78 is 1.20. The van der Waals surface area contributed by atoms with Gasteiger partial charge >= 0.3 is 5.97 Å². The number of benzene rings is 1. The molecule has 4 aromatic rings. The van der Waals surface area contributed by atoms with Gasteiger partial charge in [0.25, 0.3) is 5.56 Å². The first-order valence-electron chi connectivity index (χ1n) is 9.32. The third-order valence-electron chi connectivity index (χ3n) is 4.52. The summed E-state index contributed by atoms with van der Waals surface area (Å²) in [7, 11) is 0. The van der Waals surface area contributed by atoms with E-state index < -0.39 is 17.4 Å². The van der Waals surface area contributed by atoms with Gasteiger partial charge in [-0.05, 0) is 19.4 Å². The first-order valence-corrected chi connectivity index (χ1v) is 11.0. The highest BCUT2D eigenvalue weighted by Gasteiger charge is 2.22. The van der Waals surface area contributed by atoms with Crippen LogP contribution in [0.25, 0.3) is 21.6 Å². The van der Waals surface area contributed by atoms with Crippen molar-refractivity contribution < 1.29 is 14.7 Å². The average Bonchev–Trinajstić information content (AvgIpc) is 3.36. The second-order valence-corrected chi connectivity index (χ2v) is 8.65. The zero-order valence-corrected chi connectivity index (χ0v) is 18.2. The Kier molecular flexibility index (Phi) is 5.61. The molecule has 0 aliphatic rings. The summed E-state index contributed by atoms with van der Waals surface area (Å²) in [6.07, 6.45) is 0.696. The molecule has 0 saturated carbocycles. The number of carboxylic acids is 1. The molecule has 3 aromatic heterocycles. The van der Waals surface area contributed by atoms with Gasteiger partial charge in [0.2, 0.25) is 11.0 Å². The maximum absolute atomic E-state index is 13.3. The van der Waals surface area contributed by atoms with E-state index in [4.69, 9.17) is 0 Å². The molecule has 0 spiro atoms. The summed E-state index contributed by atoms with van der Waals surface area (Å²) in [5.74, 6) is -1.41. The normalized spacial score (nSPS) is 11.0. The number of carboxylic acid groups (broad SMARTS) is 1. The van der Waals surface area contributed by atoms with Gasteiger partial charge in [0.15, 0.2) is 0 Å². The molecule has 2 N–H and O–H groups in total. The van der Waals surface area contributed by atoms with E-state index in [1.54, 1.807) is 6.07 Å². The Balaban J connectivity index is 1.82. The largest absolute Gasteiger partial charge is 0.478 e. The molecule has 158 valence electrons. The average molecular weight is 456 g/mol. The molecule has 0 atom stereocenters. The van der Waals surface area contributed by atoms with Gasteiger partial charge in [-0.3, -0.25) is 19.5 Å². The van der Waals surface area contributed by atoms with Crippen LogP contribution in [-0.4, -0.2) is 36.7 Å². The van der Waals surface area contributed by atoms with Gasteiger partial charge in [-0.1, -0.05) is 42.0 Å². The zero-order valence-electron chi connectivity index (χ0n) is 16.6. The van der Waals surface area contributed by atoms with Gasteiger partial charge < -0.3 is 5.11 Å². The molecule has 0 saturated heterocycles. The lowest BCUT2D eigenvalue weighted by molar-refractivity contribution is -0.116. The molecule has 1 aromatic carbocycles. The molecule has 9 nitrogen and oxygen atoms in total. The molecule has 1 amide bonds. The van der Waals surface area contributed by atoms with E-state index in [9.17, 15) is 19.5 Å². The SMILES string of the molecule is CCc1nnc(NC(=O)Cn2c(-c3cccc(C)c3)nc3scc(C(=O)O)c3c2=O)s1. The Morgan fingerprint density at radius 2 is 2.06 bits per heavy atom. The van der Waals surface area contributed by atoms with E-state index in [0.717, 1.165) is 21.9 Å². The molecule has 4 rings (SSSR count). The van der Waals surface area contributed by atoms with Crippen LogP contribution in [0, 0.1) is 6.92 Å². The summed E-state index contributed by atoms with van der Waals surface area (Å²) >= 11 is 2.34. The number of anilines is 1. The van der Waals surface area contributed by atoms with Gasteiger partial charge in [0.1, 0.15) is 22.2 Å². The van der Waals surface area contributed by atoms with Crippen molar-refractivity contribution >= 4 is 49.9 Å². The zero-order chi connectivity index (χ0) is 22.1. The summed E-state index contributed by atoms with van der Waals surface area (Å²) in [4.78, 5) is 42.4. The molecular weight excluding hydrogens is 438 g/mol. The predicted molar refractivity (Wildman–Crippen MR) is 119 cm³/mol. The maximum Gasteiger partial charge on any atom is 0.337 e. The van der Waals surface area contributed by atoms with Crippen LogP contribution in [0.2, 0.25) is 0 Å². The Morgan fingerprint density at radius 3 is 2.74 bits per heavy atom. The maximum atomic E-state index is 13.3. The van der Waals surface area contributed by atoms with Crippen molar-refractivity contribution in [1.82, 2.24) is 19.7 Å². The molecule has 0 bridgehead atoms. The number of carbonyl (C=O) groups is 2. The highest BCUT2D eigenvalue weighted by Crippen LogP contribution is 2.26. The number of amides is 1. The van der Waals surface area contributed by atoms with Crippen molar-refractivity contribution in [3.63, 3.8) is 0 Å². The monoisotopic (exact) mass is 455 g/mol. The highest BCUT2D eigenvalue weighted by atomic mass is 32.1. The number of carbonyl (C=O) groups excluding carboxylic acids is 1. The van der Waals surface area contributed by atoms with Gasteiger partial charge in [0, 0.05) is 10.9 Å². The Labute approximate surface area is 184 Å². The Hall–Kier alpha value is -3.44. The fraction of sp³-hybridized carbons (Fsp3) is 0.200. The van der Waals surface area contributed by atoms with Crippen molar-refractivity contribution in [1.29, 1.82) is 0 Å². The third-order valence-corrected chi connectivity index (χ3v) is 6.37. The van der Waals surface area contributed by atoms with Crippen LogP contribution < -0.4 is 10.9 Å². The summed E-state index contributed by atoms with van der Waals surface area (Å²) in [5.41, 5.74) is 0.906. The molecule has 0 radical (unpaired) electrons. The number of aromatic nitrogens is 4. The first kappa shape index (κ1) is 20.8. The number of hydrogen-bond acceptors (Lipinski definition) is 8. The number of thiophene rings is 1. The lowest BCUT2D eigenvalue weighted by Gasteiger charge is -2.13. The smallest absolute Gasteiger partial charge is 0.337 e.